The zero-order valence-electron chi connectivity index (χ0n) is 31.4. The van der Waals surface area contributed by atoms with Crippen molar-refractivity contribution in [3.05, 3.63) is 70.8 Å². The van der Waals surface area contributed by atoms with Crippen molar-refractivity contribution in [3.63, 3.8) is 0 Å². The van der Waals surface area contributed by atoms with Crippen molar-refractivity contribution in [3.8, 4) is 0 Å². The molecule has 0 atom stereocenters. The number of carbonyl (C=O) groups is 2. The minimum absolute atomic E-state index is 0.115. The van der Waals surface area contributed by atoms with Crippen LogP contribution in [0.5, 0.6) is 0 Å². The summed E-state index contributed by atoms with van der Waals surface area (Å²) in [5.41, 5.74) is 3.60. The van der Waals surface area contributed by atoms with Gasteiger partial charge in [-0.25, -0.2) is 0 Å². The lowest BCUT2D eigenvalue weighted by atomic mass is 9.46. The van der Waals surface area contributed by atoms with Crippen molar-refractivity contribution in [2.45, 2.75) is 153 Å². The summed E-state index contributed by atoms with van der Waals surface area (Å²) in [6, 6.07) is 15.9. The molecule has 0 saturated heterocycles. The van der Waals surface area contributed by atoms with Crippen LogP contribution in [0.15, 0.2) is 48.5 Å². The summed E-state index contributed by atoms with van der Waals surface area (Å²) in [5, 5.41) is 34.2. The van der Waals surface area contributed by atoms with Crippen LogP contribution in [-0.4, -0.2) is 11.9 Å². The minimum Gasteiger partial charge on any atom is -0.545 e. The Labute approximate surface area is 308 Å². The van der Waals surface area contributed by atoms with Crippen molar-refractivity contribution in [1.82, 2.24) is 0 Å². The van der Waals surface area contributed by atoms with Gasteiger partial charge < -0.3 is 19.8 Å². The Morgan fingerprint density at radius 3 is 1.48 bits per heavy atom. The quantitative estimate of drug-likeness (QED) is 0.0739. The van der Waals surface area contributed by atoms with Gasteiger partial charge in [0.15, 0.2) is 0 Å². The number of rotatable bonds is 12. The predicted octanol–water partition coefficient (Wildman–Crippen LogP) is 10.8. The molecule has 11 rings (SSSR count). The van der Waals surface area contributed by atoms with E-state index in [4.69, 9.17) is 0 Å². The van der Waals surface area contributed by atoms with E-state index in [0.29, 0.717) is 21.8 Å². The van der Waals surface area contributed by atoms with Crippen LogP contribution in [0, 0.1) is 10.8 Å². The minimum atomic E-state index is -1.16. The van der Waals surface area contributed by atoms with Gasteiger partial charge in [-0.15, -0.1) is 0 Å². The molecule has 6 aliphatic carbocycles. The number of carboxylic acids is 2. The standard InChI is InChI=1S/C48H56O4/c1-3-5-7-17-45-19-25-47(26-20-45,27-21-45)41-39-36-16-15-34(43(49)50)33-13-9-11-31(37(33)36)32-12-10-14-35(38(32)39)40(44(51)52)42(41)48-28-22-46(23-29-48,24-30-48)18-8-6-4-2/h9-16H,3-8,17-30H2,1-2H3,(H,49,50)(H,51,52)/p-2. The van der Waals surface area contributed by atoms with E-state index in [0.717, 1.165) is 76.4 Å². The van der Waals surface area contributed by atoms with Gasteiger partial charge in [0, 0.05) is 11.1 Å². The molecule has 0 spiro atoms. The van der Waals surface area contributed by atoms with Crippen molar-refractivity contribution >= 4 is 55.0 Å². The third-order valence-electron chi connectivity index (χ3n) is 15.8. The van der Waals surface area contributed by atoms with Crippen LogP contribution in [0.2, 0.25) is 0 Å². The lowest BCUT2D eigenvalue weighted by Gasteiger charge is -2.59. The van der Waals surface area contributed by atoms with E-state index < -0.39 is 11.9 Å². The average molecular weight is 695 g/mol. The molecular formula is C48H54O4-2. The summed E-state index contributed by atoms with van der Waals surface area (Å²) in [5.74, 6) is -2.20. The van der Waals surface area contributed by atoms with Crippen LogP contribution >= 0.6 is 0 Å². The number of hydrogen-bond acceptors (Lipinski definition) is 4. The summed E-state index contributed by atoms with van der Waals surface area (Å²) in [7, 11) is 0. The number of fused-ring (bicyclic) bond motifs is 8. The molecule has 6 saturated carbocycles. The first kappa shape index (κ1) is 34.1. The molecule has 6 aliphatic rings. The highest BCUT2D eigenvalue weighted by atomic mass is 16.4. The Morgan fingerprint density at radius 2 is 0.981 bits per heavy atom. The van der Waals surface area contributed by atoms with E-state index >= 15 is 0 Å². The van der Waals surface area contributed by atoms with Crippen molar-refractivity contribution in [1.29, 1.82) is 0 Å². The Hall–Kier alpha value is -3.66. The van der Waals surface area contributed by atoms with Gasteiger partial charge in [0.1, 0.15) is 0 Å². The molecule has 0 amide bonds. The molecule has 6 fully saturated rings. The molecular weight excluding hydrogens is 641 g/mol. The second kappa shape index (κ2) is 12.5. The highest BCUT2D eigenvalue weighted by Gasteiger charge is 2.55. The summed E-state index contributed by atoms with van der Waals surface area (Å²) in [6.45, 7) is 4.58. The smallest absolute Gasteiger partial charge is 0.0724 e. The Bertz CT molecular complexity index is 2170. The monoisotopic (exact) mass is 694 g/mol. The fourth-order valence-corrected chi connectivity index (χ4v) is 12.9. The van der Waals surface area contributed by atoms with Crippen LogP contribution in [-0.2, 0) is 10.8 Å². The highest BCUT2D eigenvalue weighted by Crippen LogP contribution is 2.67. The Morgan fingerprint density at radius 1 is 0.500 bits per heavy atom. The maximum absolute atomic E-state index is 13.9. The van der Waals surface area contributed by atoms with Gasteiger partial charge in [0.2, 0.25) is 0 Å². The Kier molecular flexibility index (Phi) is 8.18. The first-order valence-corrected chi connectivity index (χ1v) is 20.8. The summed E-state index contributed by atoms with van der Waals surface area (Å²) >= 11 is 0. The van der Waals surface area contributed by atoms with Gasteiger partial charge in [-0.05, 0) is 166 Å². The zero-order chi connectivity index (χ0) is 35.9. The van der Waals surface area contributed by atoms with Crippen LogP contribution in [0.4, 0.5) is 0 Å². The topological polar surface area (TPSA) is 80.3 Å². The highest BCUT2D eigenvalue weighted by molar-refractivity contribution is 6.36. The summed E-state index contributed by atoms with van der Waals surface area (Å²) < 4.78 is 0. The summed E-state index contributed by atoms with van der Waals surface area (Å²) in [6.07, 6.45) is 23.8. The van der Waals surface area contributed by atoms with E-state index in [1.54, 1.807) is 6.07 Å². The van der Waals surface area contributed by atoms with Gasteiger partial charge >= 0.3 is 0 Å². The van der Waals surface area contributed by atoms with Crippen molar-refractivity contribution in [2.75, 3.05) is 0 Å². The first-order chi connectivity index (χ1) is 25.2. The number of carbonyl (C=O) groups excluding carboxylic acids is 2. The molecule has 0 aliphatic heterocycles. The van der Waals surface area contributed by atoms with Crippen LogP contribution in [0.25, 0.3) is 43.1 Å². The molecule has 5 aromatic rings. The molecule has 4 bridgehead atoms. The molecule has 0 unspecified atom stereocenters. The van der Waals surface area contributed by atoms with Crippen molar-refractivity contribution < 1.29 is 19.8 Å². The molecule has 5 aromatic carbocycles. The third-order valence-corrected chi connectivity index (χ3v) is 15.8. The number of hydrogen-bond donors (Lipinski definition) is 0. The van der Waals surface area contributed by atoms with Crippen LogP contribution in [0.3, 0.4) is 0 Å². The van der Waals surface area contributed by atoms with E-state index in [2.05, 4.69) is 26.0 Å². The normalized spacial score (nSPS) is 28.5. The molecule has 0 N–H and O–H groups in total. The third kappa shape index (κ3) is 4.91. The van der Waals surface area contributed by atoms with Crippen LogP contribution in [0.1, 0.15) is 174 Å². The second-order valence-electron chi connectivity index (χ2n) is 18.2. The largest absolute Gasteiger partial charge is 0.545 e. The lowest BCUT2D eigenvalue weighted by Crippen LogP contribution is -2.49. The fraction of sp³-hybridized carbons (Fsp3) is 0.542. The number of aromatic carboxylic acids is 2. The van der Waals surface area contributed by atoms with Gasteiger partial charge in [0.05, 0.1) is 11.9 Å². The number of unbranched alkanes of at least 4 members (excludes halogenated alkanes) is 4. The lowest BCUT2D eigenvalue weighted by molar-refractivity contribution is -0.256. The molecule has 0 aromatic heterocycles. The molecule has 0 radical (unpaired) electrons. The molecule has 4 heteroatoms. The molecule has 4 nitrogen and oxygen atoms in total. The molecule has 272 valence electrons. The maximum Gasteiger partial charge on any atom is 0.0724 e. The average Bonchev–Trinajstić information content (AvgIpc) is 3.17. The van der Waals surface area contributed by atoms with Gasteiger partial charge in [-0.1, -0.05) is 101 Å². The fourth-order valence-electron chi connectivity index (χ4n) is 12.9. The zero-order valence-corrected chi connectivity index (χ0v) is 31.4. The Balaban J connectivity index is 1.36. The van der Waals surface area contributed by atoms with Crippen molar-refractivity contribution in [2.24, 2.45) is 10.8 Å². The second-order valence-corrected chi connectivity index (χ2v) is 18.2. The van der Waals surface area contributed by atoms with E-state index in [9.17, 15) is 19.8 Å². The van der Waals surface area contributed by atoms with Gasteiger partial charge in [-0.2, -0.15) is 0 Å². The summed E-state index contributed by atoms with van der Waals surface area (Å²) in [4.78, 5) is 26.4. The molecule has 52 heavy (non-hydrogen) atoms. The number of benzene rings is 5. The number of carboxylic acid groups (broad SMARTS) is 2. The van der Waals surface area contributed by atoms with E-state index in [1.807, 2.05) is 30.3 Å². The van der Waals surface area contributed by atoms with Gasteiger partial charge in [-0.3, -0.25) is 0 Å². The predicted molar refractivity (Wildman–Crippen MR) is 208 cm³/mol. The molecule has 0 heterocycles. The van der Waals surface area contributed by atoms with E-state index in [1.165, 1.54) is 101 Å². The SMILES string of the molecule is CCCCCC12CCC(c3c(C(=O)[O-])c4cccc5c6cccc7c(C(=O)[O-])ccc(c(c3C38CCC(CCCCC)(CC3)CC8)c45)c76)(CC1)CC2. The van der Waals surface area contributed by atoms with Gasteiger partial charge in [0.25, 0.3) is 0 Å². The van der Waals surface area contributed by atoms with E-state index in [-0.39, 0.29) is 16.4 Å². The first-order valence-electron chi connectivity index (χ1n) is 20.8. The van der Waals surface area contributed by atoms with Crippen LogP contribution < -0.4 is 10.2 Å². The maximum atomic E-state index is 13.9.